The Kier molecular flexibility index (Phi) is 2.59. The summed E-state index contributed by atoms with van der Waals surface area (Å²) in [5.41, 5.74) is 4.12. The molecule has 1 aromatic rings. The second-order valence-electron chi connectivity index (χ2n) is 3.89. The SMILES string of the molecule is Cc1ccc2c(c1Cl)CCCCC2. The zero-order valence-corrected chi connectivity index (χ0v) is 8.82. The summed E-state index contributed by atoms with van der Waals surface area (Å²) in [6.07, 6.45) is 6.37. The fraction of sp³-hybridized carbons (Fsp3) is 0.500. The van der Waals surface area contributed by atoms with E-state index >= 15 is 0 Å². The van der Waals surface area contributed by atoms with Gasteiger partial charge in [-0.2, -0.15) is 0 Å². The second kappa shape index (κ2) is 3.71. The van der Waals surface area contributed by atoms with E-state index in [1.54, 1.807) is 0 Å². The molecule has 0 atom stereocenters. The predicted molar refractivity (Wildman–Crippen MR) is 57.4 cm³/mol. The minimum Gasteiger partial charge on any atom is -0.0837 e. The van der Waals surface area contributed by atoms with Crippen LogP contribution >= 0.6 is 11.6 Å². The molecule has 1 aliphatic carbocycles. The van der Waals surface area contributed by atoms with Crippen LogP contribution in [0.5, 0.6) is 0 Å². The van der Waals surface area contributed by atoms with Gasteiger partial charge in [0.25, 0.3) is 0 Å². The van der Waals surface area contributed by atoms with Gasteiger partial charge in [0.1, 0.15) is 0 Å². The molecule has 1 aliphatic rings. The molecule has 0 spiro atoms. The first-order chi connectivity index (χ1) is 6.29. The molecule has 0 unspecified atom stereocenters. The molecule has 0 fully saturated rings. The monoisotopic (exact) mass is 194 g/mol. The molecule has 0 nitrogen and oxygen atoms in total. The van der Waals surface area contributed by atoms with Crippen LogP contribution < -0.4 is 0 Å². The molecule has 0 aromatic heterocycles. The molecule has 0 saturated heterocycles. The number of rotatable bonds is 0. The summed E-state index contributed by atoms with van der Waals surface area (Å²) in [4.78, 5) is 0. The number of benzene rings is 1. The third-order valence-corrected chi connectivity index (χ3v) is 3.43. The van der Waals surface area contributed by atoms with E-state index in [9.17, 15) is 0 Å². The lowest BCUT2D eigenvalue weighted by Gasteiger charge is -2.09. The summed E-state index contributed by atoms with van der Waals surface area (Å²) in [6, 6.07) is 4.40. The maximum Gasteiger partial charge on any atom is 0.0469 e. The summed E-state index contributed by atoms with van der Waals surface area (Å²) in [7, 11) is 0. The molecular formula is C12H15Cl. The zero-order chi connectivity index (χ0) is 9.26. The van der Waals surface area contributed by atoms with E-state index < -0.39 is 0 Å². The summed E-state index contributed by atoms with van der Waals surface area (Å²) in [5.74, 6) is 0. The zero-order valence-electron chi connectivity index (χ0n) is 8.07. The van der Waals surface area contributed by atoms with Crippen molar-refractivity contribution in [2.75, 3.05) is 0 Å². The molecule has 0 radical (unpaired) electrons. The van der Waals surface area contributed by atoms with Gasteiger partial charge in [0.05, 0.1) is 0 Å². The van der Waals surface area contributed by atoms with Crippen LogP contribution in [0.25, 0.3) is 0 Å². The van der Waals surface area contributed by atoms with E-state index in [1.165, 1.54) is 48.8 Å². The Hall–Kier alpha value is -0.490. The lowest BCUT2D eigenvalue weighted by molar-refractivity contribution is 0.711. The Morgan fingerprint density at radius 3 is 2.69 bits per heavy atom. The number of aryl methyl sites for hydroxylation is 2. The Labute approximate surface area is 84.9 Å². The highest BCUT2D eigenvalue weighted by molar-refractivity contribution is 6.32. The summed E-state index contributed by atoms with van der Waals surface area (Å²) < 4.78 is 0. The van der Waals surface area contributed by atoms with Crippen LogP contribution in [-0.2, 0) is 12.8 Å². The number of hydrogen-bond acceptors (Lipinski definition) is 0. The van der Waals surface area contributed by atoms with Crippen molar-refractivity contribution in [3.8, 4) is 0 Å². The third-order valence-electron chi connectivity index (χ3n) is 2.91. The minimum absolute atomic E-state index is 1.01. The van der Waals surface area contributed by atoms with E-state index in [0.717, 1.165) is 5.02 Å². The smallest absolute Gasteiger partial charge is 0.0469 e. The van der Waals surface area contributed by atoms with Gasteiger partial charge in [-0.1, -0.05) is 30.2 Å². The second-order valence-corrected chi connectivity index (χ2v) is 4.27. The van der Waals surface area contributed by atoms with Crippen molar-refractivity contribution in [2.45, 2.75) is 39.0 Å². The Morgan fingerprint density at radius 1 is 1.08 bits per heavy atom. The van der Waals surface area contributed by atoms with Crippen molar-refractivity contribution < 1.29 is 0 Å². The summed E-state index contributed by atoms with van der Waals surface area (Å²) >= 11 is 6.28. The normalized spacial score (nSPS) is 16.5. The van der Waals surface area contributed by atoms with Crippen molar-refractivity contribution in [3.63, 3.8) is 0 Å². The van der Waals surface area contributed by atoms with E-state index in [2.05, 4.69) is 19.1 Å². The highest BCUT2D eigenvalue weighted by Crippen LogP contribution is 2.29. The van der Waals surface area contributed by atoms with E-state index in [1.807, 2.05) is 0 Å². The van der Waals surface area contributed by atoms with E-state index in [4.69, 9.17) is 11.6 Å². The number of halogens is 1. The number of hydrogen-bond donors (Lipinski definition) is 0. The maximum atomic E-state index is 6.28. The van der Waals surface area contributed by atoms with Crippen LogP contribution in [0.3, 0.4) is 0 Å². The van der Waals surface area contributed by atoms with Gasteiger partial charge in [0.15, 0.2) is 0 Å². The lowest BCUT2D eigenvalue weighted by Crippen LogP contribution is -1.93. The molecule has 0 amide bonds. The predicted octanol–water partition coefficient (Wildman–Crippen LogP) is 3.92. The topological polar surface area (TPSA) is 0 Å². The minimum atomic E-state index is 1.01. The average molecular weight is 195 g/mol. The van der Waals surface area contributed by atoms with Crippen LogP contribution in [0, 0.1) is 6.92 Å². The quantitative estimate of drug-likeness (QED) is 0.550. The first kappa shape index (κ1) is 9.08. The Morgan fingerprint density at radius 2 is 1.85 bits per heavy atom. The van der Waals surface area contributed by atoms with Crippen LogP contribution in [0.1, 0.15) is 36.0 Å². The molecule has 0 bridgehead atoms. The third kappa shape index (κ3) is 1.73. The van der Waals surface area contributed by atoms with Gasteiger partial charge < -0.3 is 0 Å². The van der Waals surface area contributed by atoms with Crippen molar-refractivity contribution in [1.29, 1.82) is 0 Å². The average Bonchev–Trinajstić information content (AvgIpc) is 2.36. The molecular weight excluding hydrogens is 180 g/mol. The van der Waals surface area contributed by atoms with Crippen LogP contribution in [0.4, 0.5) is 0 Å². The van der Waals surface area contributed by atoms with E-state index in [0.29, 0.717) is 0 Å². The van der Waals surface area contributed by atoms with Gasteiger partial charge >= 0.3 is 0 Å². The maximum absolute atomic E-state index is 6.28. The molecule has 0 saturated carbocycles. The van der Waals surface area contributed by atoms with Gasteiger partial charge in [-0.15, -0.1) is 0 Å². The lowest BCUT2D eigenvalue weighted by atomic mass is 10.0. The van der Waals surface area contributed by atoms with Crippen molar-refractivity contribution in [1.82, 2.24) is 0 Å². The van der Waals surface area contributed by atoms with Crippen molar-refractivity contribution >= 4 is 11.6 Å². The van der Waals surface area contributed by atoms with Crippen molar-refractivity contribution in [3.05, 3.63) is 33.8 Å². The van der Waals surface area contributed by atoms with Crippen molar-refractivity contribution in [2.24, 2.45) is 0 Å². The first-order valence-corrected chi connectivity index (χ1v) is 5.43. The molecule has 1 heteroatoms. The van der Waals surface area contributed by atoms with Crippen LogP contribution in [0.15, 0.2) is 12.1 Å². The summed E-state index contributed by atoms with van der Waals surface area (Å²) in [6.45, 7) is 2.09. The van der Waals surface area contributed by atoms with Crippen LogP contribution in [-0.4, -0.2) is 0 Å². The molecule has 0 heterocycles. The van der Waals surface area contributed by atoms with E-state index in [-0.39, 0.29) is 0 Å². The van der Waals surface area contributed by atoms with Gasteiger partial charge in [0.2, 0.25) is 0 Å². The molecule has 2 rings (SSSR count). The standard InChI is InChI=1S/C12H15Cl/c1-9-7-8-10-5-3-2-4-6-11(10)12(9)13/h7-8H,2-6H2,1H3. The fourth-order valence-corrected chi connectivity index (χ4v) is 2.36. The first-order valence-electron chi connectivity index (χ1n) is 5.06. The Bertz CT molecular complexity index is 315. The van der Waals surface area contributed by atoms with Crippen LogP contribution in [0.2, 0.25) is 5.02 Å². The van der Waals surface area contributed by atoms with Gasteiger partial charge in [-0.25, -0.2) is 0 Å². The summed E-state index contributed by atoms with van der Waals surface area (Å²) in [5, 5.41) is 1.01. The largest absolute Gasteiger partial charge is 0.0837 e. The molecule has 0 aliphatic heterocycles. The molecule has 0 N–H and O–H groups in total. The molecule has 1 aromatic carbocycles. The van der Waals surface area contributed by atoms with Gasteiger partial charge in [0, 0.05) is 5.02 Å². The highest BCUT2D eigenvalue weighted by atomic mass is 35.5. The molecule has 70 valence electrons. The Balaban J connectivity index is 2.48. The molecule has 13 heavy (non-hydrogen) atoms. The van der Waals surface area contributed by atoms with Gasteiger partial charge in [-0.05, 0) is 49.3 Å². The highest BCUT2D eigenvalue weighted by Gasteiger charge is 2.11. The fourth-order valence-electron chi connectivity index (χ4n) is 2.08. The van der Waals surface area contributed by atoms with Gasteiger partial charge in [-0.3, -0.25) is 0 Å². The number of fused-ring (bicyclic) bond motifs is 1.